The van der Waals surface area contributed by atoms with Crippen molar-refractivity contribution in [1.82, 2.24) is 4.98 Å². The first-order chi connectivity index (χ1) is 11.1. The Morgan fingerprint density at radius 3 is 2.91 bits per heavy atom. The van der Waals surface area contributed by atoms with E-state index in [1.54, 1.807) is 12.4 Å². The number of aliphatic hydroxyl groups excluding tert-OH is 1. The number of aliphatic carboxylic acids is 1. The van der Waals surface area contributed by atoms with E-state index in [0.29, 0.717) is 13.0 Å². The Kier molecular flexibility index (Phi) is 4.41. The topological polar surface area (TPSA) is 79.7 Å². The molecule has 0 unspecified atom stereocenters. The molecule has 0 saturated carbocycles. The molecule has 1 aliphatic heterocycles. The normalized spacial score (nSPS) is 20.6. The third kappa shape index (κ3) is 3.11. The van der Waals surface area contributed by atoms with Crippen LogP contribution >= 0.6 is 0 Å². The van der Waals surface area contributed by atoms with Gasteiger partial charge in [0.15, 0.2) is 0 Å². The lowest BCUT2D eigenvalue weighted by Crippen LogP contribution is -2.17. The molecule has 0 aliphatic carbocycles. The van der Waals surface area contributed by atoms with Crippen LogP contribution in [0.2, 0.25) is 0 Å². The average molecular weight is 313 g/mol. The molecular formula is C18H19NO4. The van der Waals surface area contributed by atoms with Gasteiger partial charge in [0.1, 0.15) is 0 Å². The SMILES string of the molecule is Cc1ccc(-c2cncc([C@@H]3OCC[C@H]3C(=O)O)c2)c(CO)c1. The van der Waals surface area contributed by atoms with E-state index in [0.717, 1.165) is 27.8 Å². The van der Waals surface area contributed by atoms with E-state index in [1.165, 1.54) is 0 Å². The summed E-state index contributed by atoms with van der Waals surface area (Å²) in [5, 5.41) is 18.9. The van der Waals surface area contributed by atoms with Crippen LogP contribution in [-0.2, 0) is 16.1 Å². The molecular weight excluding hydrogens is 294 g/mol. The lowest BCUT2D eigenvalue weighted by molar-refractivity contribution is -0.143. The summed E-state index contributed by atoms with van der Waals surface area (Å²) >= 11 is 0. The van der Waals surface area contributed by atoms with E-state index in [-0.39, 0.29) is 6.61 Å². The van der Waals surface area contributed by atoms with Gasteiger partial charge in [0.05, 0.1) is 18.6 Å². The fraction of sp³-hybridized carbons (Fsp3) is 0.333. The molecule has 1 aliphatic rings. The van der Waals surface area contributed by atoms with Gasteiger partial charge in [0.25, 0.3) is 0 Å². The zero-order valence-corrected chi connectivity index (χ0v) is 12.9. The first-order valence-corrected chi connectivity index (χ1v) is 7.60. The molecule has 5 heteroatoms. The van der Waals surface area contributed by atoms with Gasteiger partial charge >= 0.3 is 5.97 Å². The maximum atomic E-state index is 11.3. The summed E-state index contributed by atoms with van der Waals surface area (Å²) in [6.07, 6.45) is 3.42. The number of carboxylic acid groups (broad SMARTS) is 1. The summed E-state index contributed by atoms with van der Waals surface area (Å²) in [5.41, 5.74) is 4.42. The smallest absolute Gasteiger partial charge is 0.309 e. The van der Waals surface area contributed by atoms with Crippen molar-refractivity contribution in [2.45, 2.75) is 26.1 Å². The number of carboxylic acids is 1. The Morgan fingerprint density at radius 2 is 2.17 bits per heavy atom. The predicted octanol–water partition coefficient (Wildman–Crippen LogP) is 2.71. The highest BCUT2D eigenvalue weighted by atomic mass is 16.5. The van der Waals surface area contributed by atoms with E-state index in [2.05, 4.69) is 4.98 Å². The number of benzene rings is 1. The molecule has 23 heavy (non-hydrogen) atoms. The molecule has 0 radical (unpaired) electrons. The quantitative estimate of drug-likeness (QED) is 0.907. The predicted molar refractivity (Wildman–Crippen MR) is 84.8 cm³/mol. The number of rotatable bonds is 4. The minimum absolute atomic E-state index is 0.0566. The van der Waals surface area contributed by atoms with Gasteiger partial charge in [-0.15, -0.1) is 0 Å². The Morgan fingerprint density at radius 1 is 1.35 bits per heavy atom. The molecule has 1 fully saturated rings. The van der Waals surface area contributed by atoms with Crippen LogP contribution in [0, 0.1) is 12.8 Å². The van der Waals surface area contributed by atoms with E-state index in [4.69, 9.17) is 4.74 Å². The molecule has 2 heterocycles. The largest absolute Gasteiger partial charge is 0.481 e. The van der Waals surface area contributed by atoms with Gasteiger partial charge in [0.2, 0.25) is 0 Å². The minimum atomic E-state index is -0.843. The monoisotopic (exact) mass is 313 g/mol. The molecule has 3 rings (SSSR count). The van der Waals surface area contributed by atoms with Crippen LogP contribution in [0.3, 0.4) is 0 Å². The zero-order chi connectivity index (χ0) is 16.4. The van der Waals surface area contributed by atoms with Crippen LogP contribution in [0.5, 0.6) is 0 Å². The van der Waals surface area contributed by atoms with Gasteiger partial charge < -0.3 is 14.9 Å². The number of hydrogen-bond donors (Lipinski definition) is 2. The maximum Gasteiger partial charge on any atom is 0.309 e. The van der Waals surface area contributed by atoms with E-state index in [1.807, 2.05) is 31.2 Å². The lowest BCUT2D eigenvalue weighted by Gasteiger charge is -2.16. The number of aromatic nitrogens is 1. The molecule has 0 amide bonds. The van der Waals surface area contributed by atoms with Crippen LogP contribution in [0.15, 0.2) is 36.7 Å². The second-order valence-electron chi connectivity index (χ2n) is 5.85. The number of aryl methyl sites for hydroxylation is 1. The molecule has 1 saturated heterocycles. The van der Waals surface area contributed by atoms with Crippen LogP contribution in [0.1, 0.15) is 29.2 Å². The molecule has 2 atom stereocenters. The second-order valence-corrected chi connectivity index (χ2v) is 5.85. The number of aliphatic hydroxyl groups is 1. The molecule has 1 aromatic heterocycles. The second kappa shape index (κ2) is 6.48. The average Bonchev–Trinajstić information content (AvgIpc) is 3.04. The van der Waals surface area contributed by atoms with Crippen molar-refractivity contribution >= 4 is 5.97 Å². The van der Waals surface area contributed by atoms with Gasteiger partial charge in [-0.3, -0.25) is 9.78 Å². The molecule has 2 N–H and O–H groups in total. The van der Waals surface area contributed by atoms with Crippen molar-refractivity contribution in [1.29, 1.82) is 0 Å². The number of hydrogen-bond acceptors (Lipinski definition) is 4. The highest BCUT2D eigenvalue weighted by Crippen LogP contribution is 2.36. The summed E-state index contributed by atoms with van der Waals surface area (Å²) in [6, 6.07) is 7.77. The zero-order valence-electron chi connectivity index (χ0n) is 12.9. The number of nitrogens with zero attached hydrogens (tertiary/aromatic N) is 1. The van der Waals surface area contributed by atoms with Crippen molar-refractivity contribution in [2.75, 3.05) is 6.61 Å². The van der Waals surface area contributed by atoms with Crippen molar-refractivity contribution in [3.05, 3.63) is 53.3 Å². The van der Waals surface area contributed by atoms with E-state index >= 15 is 0 Å². The van der Waals surface area contributed by atoms with Crippen molar-refractivity contribution in [2.24, 2.45) is 5.92 Å². The van der Waals surface area contributed by atoms with E-state index in [9.17, 15) is 15.0 Å². The summed E-state index contributed by atoms with van der Waals surface area (Å²) in [5.74, 6) is -1.38. The number of ether oxygens (including phenoxy) is 1. The van der Waals surface area contributed by atoms with Gasteiger partial charge in [-0.05, 0) is 30.5 Å². The van der Waals surface area contributed by atoms with Crippen LogP contribution in [0.25, 0.3) is 11.1 Å². The van der Waals surface area contributed by atoms with Crippen LogP contribution in [0.4, 0.5) is 0 Å². The highest BCUT2D eigenvalue weighted by molar-refractivity contribution is 5.72. The molecule has 1 aromatic carbocycles. The Labute approximate surface area is 134 Å². The van der Waals surface area contributed by atoms with E-state index < -0.39 is 18.0 Å². The molecule has 0 bridgehead atoms. The third-order valence-corrected chi connectivity index (χ3v) is 4.24. The Bertz CT molecular complexity index is 729. The standard InChI is InChI=1S/C18H19NO4/c1-11-2-3-15(14(6-11)10-20)12-7-13(9-19-8-12)17-16(18(21)22)4-5-23-17/h2-3,6-9,16-17,20H,4-5,10H2,1H3,(H,21,22)/t16-,17+/m1/s1. The number of pyridine rings is 1. The van der Waals surface area contributed by atoms with Crippen molar-refractivity contribution in [3.8, 4) is 11.1 Å². The van der Waals surface area contributed by atoms with Gasteiger partial charge in [-0.25, -0.2) is 0 Å². The van der Waals surface area contributed by atoms with Gasteiger partial charge in [-0.2, -0.15) is 0 Å². The lowest BCUT2D eigenvalue weighted by atomic mass is 9.93. The van der Waals surface area contributed by atoms with Crippen molar-refractivity contribution in [3.63, 3.8) is 0 Å². The van der Waals surface area contributed by atoms with Gasteiger partial charge in [0, 0.05) is 30.1 Å². The van der Waals surface area contributed by atoms with Crippen LogP contribution in [-0.4, -0.2) is 27.8 Å². The summed E-state index contributed by atoms with van der Waals surface area (Å²) in [7, 11) is 0. The fourth-order valence-electron chi connectivity index (χ4n) is 3.07. The Hall–Kier alpha value is -2.24. The molecule has 120 valence electrons. The summed E-state index contributed by atoms with van der Waals surface area (Å²) in [4.78, 5) is 15.6. The first-order valence-electron chi connectivity index (χ1n) is 7.60. The summed E-state index contributed by atoms with van der Waals surface area (Å²) in [6.45, 7) is 2.36. The fourth-order valence-corrected chi connectivity index (χ4v) is 3.07. The molecule has 0 spiro atoms. The van der Waals surface area contributed by atoms with Gasteiger partial charge in [-0.1, -0.05) is 23.8 Å². The first kappa shape index (κ1) is 15.6. The highest BCUT2D eigenvalue weighted by Gasteiger charge is 2.35. The van der Waals surface area contributed by atoms with Crippen LogP contribution < -0.4 is 0 Å². The van der Waals surface area contributed by atoms with Crippen molar-refractivity contribution < 1.29 is 19.7 Å². The summed E-state index contributed by atoms with van der Waals surface area (Å²) < 4.78 is 5.61. The Balaban J connectivity index is 1.99. The maximum absolute atomic E-state index is 11.3. The minimum Gasteiger partial charge on any atom is -0.481 e. The molecule has 5 nitrogen and oxygen atoms in total. The molecule has 2 aromatic rings. The number of carbonyl (C=O) groups is 1. The third-order valence-electron chi connectivity index (χ3n) is 4.24.